The Morgan fingerprint density at radius 3 is 2.94 bits per heavy atom. The van der Waals surface area contributed by atoms with Gasteiger partial charge in [-0.25, -0.2) is 8.78 Å². The molecule has 0 amide bonds. The summed E-state index contributed by atoms with van der Waals surface area (Å²) in [6.07, 6.45) is 0.216. The van der Waals surface area contributed by atoms with Gasteiger partial charge in [0, 0.05) is 24.6 Å². The van der Waals surface area contributed by atoms with Crippen molar-refractivity contribution < 1.29 is 13.5 Å². The summed E-state index contributed by atoms with van der Waals surface area (Å²) in [5.41, 5.74) is -0.688. The number of ether oxygens (including phenoxy) is 1. The number of morpholine rings is 1. The number of aryl methyl sites for hydroxylation is 1. The minimum absolute atomic E-state index is 0.0614. The van der Waals surface area contributed by atoms with Gasteiger partial charge in [0.1, 0.15) is 11.5 Å². The average molecular weight is 255 g/mol. The lowest BCUT2D eigenvalue weighted by molar-refractivity contribution is 0.0465. The predicted octanol–water partition coefficient (Wildman–Crippen LogP) is 2.70. The molecule has 0 bridgehead atoms. The molecule has 2 atom stereocenters. The first-order valence-corrected chi connectivity index (χ1v) is 6.26. The quantitative estimate of drug-likeness (QED) is 0.896. The number of benzene rings is 1. The summed E-state index contributed by atoms with van der Waals surface area (Å²) in [6, 6.07) is 4.50. The van der Waals surface area contributed by atoms with Crippen LogP contribution in [-0.4, -0.2) is 25.8 Å². The van der Waals surface area contributed by atoms with E-state index in [-0.39, 0.29) is 18.0 Å². The lowest BCUT2D eigenvalue weighted by atomic mass is 9.89. The Balaban J connectivity index is 2.15. The molecule has 18 heavy (non-hydrogen) atoms. The Morgan fingerprint density at radius 2 is 2.28 bits per heavy atom. The van der Waals surface area contributed by atoms with E-state index >= 15 is 0 Å². The van der Waals surface area contributed by atoms with Gasteiger partial charge in [0.25, 0.3) is 0 Å². The fraction of sp³-hybridized carbons (Fsp3) is 0.571. The minimum Gasteiger partial charge on any atom is -0.379 e. The molecule has 1 aromatic carbocycles. The molecule has 0 radical (unpaired) electrons. The van der Waals surface area contributed by atoms with Crippen LogP contribution in [0.3, 0.4) is 0 Å². The molecule has 2 nitrogen and oxygen atoms in total. The van der Waals surface area contributed by atoms with Gasteiger partial charge in [0.05, 0.1) is 13.2 Å². The summed E-state index contributed by atoms with van der Waals surface area (Å²) < 4.78 is 33.7. The molecule has 1 aromatic rings. The van der Waals surface area contributed by atoms with Gasteiger partial charge in [-0.05, 0) is 26.0 Å². The molecular weight excluding hydrogens is 236 g/mol. The molecule has 4 heteroatoms. The largest absolute Gasteiger partial charge is 0.379 e. The first-order chi connectivity index (χ1) is 8.49. The van der Waals surface area contributed by atoms with E-state index in [0.29, 0.717) is 13.2 Å². The molecule has 0 aliphatic carbocycles. The molecule has 0 spiro atoms. The maximum absolute atomic E-state index is 14.7. The van der Waals surface area contributed by atoms with Crippen LogP contribution in [0.25, 0.3) is 0 Å². The van der Waals surface area contributed by atoms with Gasteiger partial charge in [-0.2, -0.15) is 0 Å². The Labute approximate surface area is 106 Å². The van der Waals surface area contributed by atoms with E-state index in [2.05, 4.69) is 5.32 Å². The zero-order valence-corrected chi connectivity index (χ0v) is 10.8. The second kappa shape index (κ2) is 5.33. The van der Waals surface area contributed by atoms with Gasteiger partial charge >= 0.3 is 0 Å². The molecule has 1 aliphatic rings. The van der Waals surface area contributed by atoms with Crippen LogP contribution >= 0.6 is 0 Å². The maximum atomic E-state index is 14.7. The van der Waals surface area contributed by atoms with Gasteiger partial charge in [0.15, 0.2) is 0 Å². The van der Waals surface area contributed by atoms with Crippen molar-refractivity contribution >= 4 is 0 Å². The van der Waals surface area contributed by atoms with E-state index < -0.39 is 11.5 Å². The smallest absolute Gasteiger partial charge is 0.137 e. The summed E-state index contributed by atoms with van der Waals surface area (Å²) in [4.78, 5) is 0. The summed E-state index contributed by atoms with van der Waals surface area (Å²) in [6.45, 7) is 5.12. The summed E-state index contributed by atoms with van der Waals surface area (Å²) in [5, 5.41) is 3.19. The average Bonchev–Trinajstić information content (AvgIpc) is 2.33. The lowest BCUT2D eigenvalue weighted by Gasteiger charge is -2.30. The number of hydrogen-bond acceptors (Lipinski definition) is 2. The highest BCUT2D eigenvalue weighted by Gasteiger charge is 2.33. The van der Waals surface area contributed by atoms with Crippen molar-refractivity contribution in [1.29, 1.82) is 0 Å². The Hall–Kier alpha value is -1.00. The summed E-state index contributed by atoms with van der Waals surface area (Å²) in [5.74, 6) is -0.484. The number of alkyl halides is 1. The SMILES string of the molecule is Cc1ccc(F)c(C(C)(F)CC2COCCN2)c1. The predicted molar refractivity (Wildman–Crippen MR) is 66.8 cm³/mol. The molecule has 2 rings (SSSR count). The third-order valence-corrected chi connectivity index (χ3v) is 3.31. The molecule has 1 aliphatic heterocycles. The molecule has 0 saturated carbocycles. The first-order valence-electron chi connectivity index (χ1n) is 6.26. The van der Waals surface area contributed by atoms with E-state index in [1.54, 1.807) is 12.1 Å². The van der Waals surface area contributed by atoms with Crippen LogP contribution in [0, 0.1) is 12.7 Å². The molecule has 1 heterocycles. The van der Waals surface area contributed by atoms with Crippen molar-refractivity contribution in [3.8, 4) is 0 Å². The monoisotopic (exact) mass is 255 g/mol. The van der Waals surface area contributed by atoms with E-state index in [4.69, 9.17) is 4.74 Å². The zero-order valence-electron chi connectivity index (χ0n) is 10.8. The summed E-state index contributed by atoms with van der Waals surface area (Å²) >= 11 is 0. The van der Waals surface area contributed by atoms with Gasteiger partial charge in [-0.15, -0.1) is 0 Å². The topological polar surface area (TPSA) is 21.3 Å². The van der Waals surface area contributed by atoms with Crippen molar-refractivity contribution in [3.63, 3.8) is 0 Å². The van der Waals surface area contributed by atoms with Gasteiger partial charge in [-0.1, -0.05) is 11.6 Å². The highest BCUT2D eigenvalue weighted by Crippen LogP contribution is 2.33. The van der Waals surface area contributed by atoms with Crippen molar-refractivity contribution in [2.24, 2.45) is 0 Å². The minimum atomic E-state index is -1.69. The fourth-order valence-corrected chi connectivity index (χ4v) is 2.36. The molecule has 100 valence electrons. The number of halogens is 2. The van der Waals surface area contributed by atoms with Crippen LogP contribution in [0.4, 0.5) is 8.78 Å². The van der Waals surface area contributed by atoms with Gasteiger partial charge < -0.3 is 10.1 Å². The molecule has 2 unspecified atom stereocenters. The Morgan fingerprint density at radius 1 is 1.50 bits per heavy atom. The van der Waals surface area contributed by atoms with Crippen molar-refractivity contribution in [2.75, 3.05) is 19.8 Å². The van der Waals surface area contributed by atoms with Crippen molar-refractivity contribution in [3.05, 3.63) is 35.1 Å². The molecular formula is C14H19F2NO. The lowest BCUT2D eigenvalue weighted by Crippen LogP contribution is -2.44. The van der Waals surface area contributed by atoms with Crippen LogP contribution in [0.15, 0.2) is 18.2 Å². The molecule has 1 N–H and O–H groups in total. The zero-order chi connectivity index (χ0) is 13.2. The van der Waals surface area contributed by atoms with Crippen LogP contribution in [0.1, 0.15) is 24.5 Å². The molecule has 1 fully saturated rings. The van der Waals surface area contributed by atoms with E-state index in [9.17, 15) is 8.78 Å². The third-order valence-electron chi connectivity index (χ3n) is 3.31. The van der Waals surface area contributed by atoms with Crippen LogP contribution in [0.2, 0.25) is 0 Å². The molecule has 0 aromatic heterocycles. The van der Waals surface area contributed by atoms with Crippen LogP contribution in [-0.2, 0) is 10.4 Å². The number of nitrogens with one attached hydrogen (secondary N) is 1. The maximum Gasteiger partial charge on any atom is 0.137 e. The number of rotatable bonds is 3. The van der Waals surface area contributed by atoms with Crippen molar-refractivity contribution in [1.82, 2.24) is 5.32 Å². The summed E-state index contributed by atoms with van der Waals surface area (Å²) in [7, 11) is 0. The van der Waals surface area contributed by atoms with Gasteiger partial charge in [-0.3, -0.25) is 0 Å². The highest BCUT2D eigenvalue weighted by atomic mass is 19.1. The Kier molecular flexibility index (Phi) is 3.97. The third kappa shape index (κ3) is 3.06. The van der Waals surface area contributed by atoms with E-state index in [1.165, 1.54) is 13.0 Å². The van der Waals surface area contributed by atoms with Crippen molar-refractivity contribution in [2.45, 2.75) is 32.0 Å². The number of hydrogen-bond donors (Lipinski definition) is 1. The fourth-order valence-electron chi connectivity index (χ4n) is 2.36. The second-order valence-electron chi connectivity index (χ2n) is 5.11. The van der Waals surface area contributed by atoms with E-state index in [1.807, 2.05) is 6.92 Å². The normalized spacial score (nSPS) is 23.7. The van der Waals surface area contributed by atoms with Crippen LogP contribution < -0.4 is 5.32 Å². The first kappa shape index (κ1) is 13.4. The standard InChI is InChI=1S/C14H19F2NO/c1-10-3-4-13(15)12(7-10)14(2,16)8-11-9-18-6-5-17-11/h3-4,7,11,17H,5-6,8-9H2,1-2H3. The van der Waals surface area contributed by atoms with Crippen LogP contribution in [0.5, 0.6) is 0 Å². The second-order valence-corrected chi connectivity index (χ2v) is 5.11. The molecule has 1 saturated heterocycles. The highest BCUT2D eigenvalue weighted by molar-refractivity contribution is 5.29. The van der Waals surface area contributed by atoms with Gasteiger partial charge in [0.2, 0.25) is 0 Å². The Bertz CT molecular complexity index is 414. The van der Waals surface area contributed by atoms with E-state index in [0.717, 1.165) is 12.1 Å².